The first-order valence-corrected chi connectivity index (χ1v) is 6.92. The van der Waals surface area contributed by atoms with Crippen LogP contribution >= 0.6 is 11.3 Å². The Bertz CT molecular complexity index is 399. The molecule has 2 rings (SSSR count). The monoisotopic (exact) mass is 254 g/mol. The van der Waals surface area contributed by atoms with Gasteiger partial charge in [-0.1, -0.05) is 6.92 Å². The van der Waals surface area contributed by atoms with Gasteiger partial charge in [0, 0.05) is 18.3 Å². The molecular formula is C12H18N2O2S. The van der Waals surface area contributed by atoms with Crippen molar-refractivity contribution in [3.8, 4) is 0 Å². The number of rotatable bonds is 7. The molecule has 4 nitrogen and oxygen atoms in total. The van der Waals surface area contributed by atoms with Gasteiger partial charge in [-0.3, -0.25) is 4.79 Å². The van der Waals surface area contributed by atoms with Gasteiger partial charge in [0.1, 0.15) is 0 Å². The van der Waals surface area contributed by atoms with Crippen molar-refractivity contribution in [2.24, 2.45) is 5.41 Å². The van der Waals surface area contributed by atoms with Crippen molar-refractivity contribution in [2.45, 2.75) is 39.0 Å². The molecule has 0 aromatic carbocycles. The fourth-order valence-corrected chi connectivity index (χ4v) is 2.58. The maximum atomic E-state index is 10.4. The van der Waals surface area contributed by atoms with Crippen molar-refractivity contribution in [2.75, 3.05) is 11.9 Å². The molecule has 94 valence electrons. The van der Waals surface area contributed by atoms with Gasteiger partial charge in [-0.15, -0.1) is 11.3 Å². The average Bonchev–Trinajstić information content (AvgIpc) is 2.96. The summed E-state index contributed by atoms with van der Waals surface area (Å²) in [6, 6.07) is 0. The summed E-state index contributed by atoms with van der Waals surface area (Å²) in [6.07, 6.45) is 4.52. The first kappa shape index (κ1) is 12.4. The summed E-state index contributed by atoms with van der Waals surface area (Å²) in [6.45, 7) is 3.23. The summed E-state index contributed by atoms with van der Waals surface area (Å²) in [4.78, 5) is 14.8. The Morgan fingerprint density at radius 3 is 3.00 bits per heavy atom. The van der Waals surface area contributed by atoms with E-state index in [2.05, 4.69) is 17.2 Å². The second-order valence-electron chi connectivity index (χ2n) is 4.74. The van der Waals surface area contributed by atoms with Crippen LogP contribution in [0, 0.1) is 5.41 Å². The van der Waals surface area contributed by atoms with E-state index in [9.17, 15) is 4.79 Å². The summed E-state index contributed by atoms with van der Waals surface area (Å²) < 4.78 is 0. The van der Waals surface area contributed by atoms with E-state index in [0.717, 1.165) is 17.4 Å². The largest absolute Gasteiger partial charge is 0.481 e. The maximum Gasteiger partial charge on any atom is 0.303 e. The number of hydrogen-bond donors (Lipinski definition) is 2. The quantitative estimate of drug-likeness (QED) is 0.785. The third-order valence-electron chi connectivity index (χ3n) is 3.47. The molecule has 0 saturated heterocycles. The van der Waals surface area contributed by atoms with Gasteiger partial charge < -0.3 is 10.4 Å². The molecule has 2 N–H and O–H groups in total. The molecule has 0 unspecified atom stereocenters. The van der Waals surface area contributed by atoms with Crippen LogP contribution in [-0.2, 0) is 11.2 Å². The highest BCUT2D eigenvalue weighted by Crippen LogP contribution is 2.48. The maximum absolute atomic E-state index is 10.4. The molecule has 0 radical (unpaired) electrons. The summed E-state index contributed by atoms with van der Waals surface area (Å²) in [5.74, 6) is -0.768. The van der Waals surface area contributed by atoms with Crippen LogP contribution in [0.3, 0.4) is 0 Å². The Balaban J connectivity index is 1.79. The van der Waals surface area contributed by atoms with E-state index < -0.39 is 5.97 Å². The molecule has 1 aromatic rings. The minimum atomic E-state index is -0.768. The van der Waals surface area contributed by atoms with E-state index in [1.54, 1.807) is 11.3 Å². The number of carbonyl (C=O) groups is 1. The van der Waals surface area contributed by atoms with Gasteiger partial charge >= 0.3 is 5.97 Å². The number of aliphatic carboxylic acids is 1. The van der Waals surface area contributed by atoms with Crippen LogP contribution in [0.2, 0.25) is 0 Å². The van der Waals surface area contributed by atoms with Crippen LogP contribution in [0.1, 0.15) is 38.3 Å². The summed E-state index contributed by atoms with van der Waals surface area (Å²) in [7, 11) is 0. The molecule has 17 heavy (non-hydrogen) atoms. The molecule has 1 heterocycles. The average molecular weight is 254 g/mol. The Hall–Kier alpha value is -1.10. The first-order chi connectivity index (χ1) is 8.13. The Kier molecular flexibility index (Phi) is 3.66. The van der Waals surface area contributed by atoms with Gasteiger partial charge in [-0.05, 0) is 24.7 Å². The zero-order valence-electron chi connectivity index (χ0n) is 10.0. The highest BCUT2D eigenvalue weighted by Gasteiger charge is 2.40. The summed E-state index contributed by atoms with van der Waals surface area (Å²) >= 11 is 1.57. The molecule has 1 saturated carbocycles. The number of hydrogen-bond acceptors (Lipinski definition) is 4. The summed E-state index contributed by atoms with van der Waals surface area (Å²) in [5, 5.41) is 14.8. The van der Waals surface area contributed by atoms with Crippen LogP contribution in [0.4, 0.5) is 5.13 Å². The third-order valence-corrected chi connectivity index (χ3v) is 4.32. The molecule has 0 spiro atoms. The molecule has 1 aliphatic carbocycles. The molecule has 1 aromatic heterocycles. The lowest BCUT2D eigenvalue weighted by Crippen LogP contribution is -2.14. The minimum Gasteiger partial charge on any atom is -0.481 e. The predicted octanol–water partition coefficient (Wildman–Crippen LogP) is 2.76. The van der Waals surface area contributed by atoms with Crippen molar-refractivity contribution in [1.29, 1.82) is 0 Å². The number of nitrogens with one attached hydrogen (secondary N) is 1. The Labute approximate surface area is 105 Å². The second kappa shape index (κ2) is 5.04. The van der Waals surface area contributed by atoms with Gasteiger partial charge in [-0.25, -0.2) is 4.98 Å². The van der Waals surface area contributed by atoms with Crippen LogP contribution in [-0.4, -0.2) is 22.6 Å². The fraction of sp³-hybridized carbons (Fsp3) is 0.667. The highest BCUT2D eigenvalue weighted by atomic mass is 32.1. The van der Waals surface area contributed by atoms with Crippen LogP contribution < -0.4 is 5.32 Å². The molecule has 0 atom stereocenters. The number of aryl methyl sites for hydroxylation is 1. The van der Waals surface area contributed by atoms with Crippen molar-refractivity contribution >= 4 is 22.4 Å². The number of carboxylic acids is 1. The van der Waals surface area contributed by atoms with Crippen molar-refractivity contribution in [1.82, 2.24) is 4.98 Å². The lowest BCUT2D eigenvalue weighted by molar-refractivity contribution is -0.136. The fourth-order valence-electron chi connectivity index (χ4n) is 1.83. The molecule has 0 aliphatic heterocycles. The summed E-state index contributed by atoms with van der Waals surface area (Å²) in [5.41, 5.74) is 1.38. The van der Waals surface area contributed by atoms with Gasteiger partial charge in [0.05, 0.1) is 12.1 Å². The zero-order valence-corrected chi connectivity index (χ0v) is 10.8. The van der Waals surface area contributed by atoms with Gasteiger partial charge in [0.15, 0.2) is 5.13 Å². The van der Waals surface area contributed by atoms with Gasteiger partial charge in [0.2, 0.25) is 0 Å². The van der Waals surface area contributed by atoms with Crippen LogP contribution in [0.25, 0.3) is 0 Å². The third kappa shape index (κ3) is 3.43. The molecule has 1 fully saturated rings. The number of carboxylic acid groups (broad SMARTS) is 1. The SMILES string of the molecule is CCC1(CNc2nc(CCC(=O)O)cs2)CC1. The first-order valence-electron chi connectivity index (χ1n) is 6.04. The van der Waals surface area contributed by atoms with Crippen molar-refractivity contribution in [3.63, 3.8) is 0 Å². The lowest BCUT2D eigenvalue weighted by atomic mass is 10.0. The van der Waals surface area contributed by atoms with E-state index >= 15 is 0 Å². The Morgan fingerprint density at radius 2 is 2.41 bits per heavy atom. The number of nitrogens with zero attached hydrogens (tertiary/aromatic N) is 1. The molecule has 1 aliphatic rings. The van der Waals surface area contributed by atoms with Crippen molar-refractivity contribution in [3.05, 3.63) is 11.1 Å². The number of anilines is 1. The minimum absolute atomic E-state index is 0.155. The van der Waals surface area contributed by atoms with Crippen molar-refractivity contribution < 1.29 is 9.90 Å². The van der Waals surface area contributed by atoms with Gasteiger partial charge in [0.25, 0.3) is 0 Å². The molecule has 0 bridgehead atoms. The highest BCUT2D eigenvalue weighted by molar-refractivity contribution is 7.13. The molecule has 0 amide bonds. The topological polar surface area (TPSA) is 62.2 Å². The smallest absolute Gasteiger partial charge is 0.303 e. The van der Waals surface area contributed by atoms with E-state index in [4.69, 9.17) is 5.11 Å². The number of thiazole rings is 1. The second-order valence-corrected chi connectivity index (χ2v) is 5.60. The van der Waals surface area contributed by atoms with E-state index in [1.165, 1.54) is 19.3 Å². The number of aromatic nitrogens is 1. The molecule has 5 heteroatoms. The zero-order chi connectivity index (χ0) is 12.3. The lowest BCUT2D eigenvalue weighted by Gasteiger charge is -2.12. The standard InChI is InChI=1S/C12H18N2O2S/c1-2-12(5-6-12)8-13-11-14-9(7-17-11)3-4-10(15)16/h7H,2-6,8H2,1H3,(H,13,14)(H,15,16). The Morgan fingerprint density at radius 1 is 1.65 bits per heavy atom. The normalized spacial score (nSPS) is 16.8. The van der Waals surface area contributed by atoms with Crippen LogP contribution in [0.15, 0.2) is 5.38 Å². The predicted molar refractivity (Wildman–Crippen MR) is 68.5 cm³/mol. The van der Waals surface area contributed by atoms with E-state index in [-0.39, 0.29) is 6.42 Å². The van der Waals surface area contributed by atoms with E-state index in [1.807, 2.05) is 5.38 Å². The van der Waals surface area contributed by atoms with Crippen LogP contribution in [0.5, 0.6) is 0 Å². The van der Waals surface area contributed by atoms with E-state index in [0.29, 0.717) is 11.8 Å². The van der Waals surface area contributed by atoms with Gasteiger partial charge in [-0.2, -0.15) is 0 Å². The molecular weight excluding hydrogens is 236 g/mol.